The zero-order chi connectivity index (χ0) is 14.9. The van der Waals surface area contributed by atoms with Crippen molar-refractivity contribution in [2.24, 2.45) is 5.92 Å². The van der Waals surface area contributed by atoms with Gasteiger partial charge in [-0.2, -0.15) is 0 Å². The van der Waals surface area contributed by atoms with E-state index in [1.54, 1.807) is 12.5 Å². The fourth-order valence-electron chi connectivity index (χ4n) is 3.12. The van der Waals surface area contributed by atoms with E-state index in [1.165, 1.54) is 0 Å². The van der Waals surface area contributed by atoms with E-state index >= 15 is 0 Å². The molecule has 2 aliphatic heterocycles. The van der Waals surface area contributed by atoms with Crippen molar-refractivity contribution in [1.29, 1.82) is 0 Å². The maximum absolute atomic E-state index is 12.5. The third kappa shape index (κ3) is 2.41. The van der Waals surface area contributed by atoms with E-state index in [1.807, 2.05) is 15.7 Å². The molecule has 0 saturated carbocycles. The largest absolute Gasteiger partial charge is 0.381 e. The van der Waals surface area contributed by atoms with E-state index in [0.29, 0.717) is 32.8 Å². The normalized spacial score (nSPS) is 21.1. The minimum absolute atomic E-state index is 0.0125. The molecule has 0 bridgehead atoms. The van der Waals surface area contributed by atoms with Crippen molar-refractivity contribution in [2.75, 3.05) is 19.8 Å². The summed E-state index contributed by atoms with van der Waals surface area (Å²) in [6.45, 7) is 3.13. The van der Waals surface area contributed by atoms with Crippen LogP contribution in [0.3, 0.4) is 0 Å². The molecule has 2 aliphatic rings. The summed E-state index contributed by atoms with van der Waals surface area (Å²) in [5, 5.41) is 4.18. The van der Waals surface area contributed by atoms with E-state index in [-0.39, 0.29) is 11.8 Å². The van der Waals surface area contributed by atoms with Gasteiger partial charge in [-0.1, -0.05) is 5.16 Å². The molecule has 2 aromatic rings. The summed E-state index contributed by atoms with van der Waals surface area (Å²) in [5.74, 6) is 1.11. The quantitative estimate of drug-likeness (QED) is 0.840. The van der Waals surface area contributed by atoms with E-state index in [0.717, 1.165) is 29.9 Å². The van der Waals surface area contributed by atoms with Crippen molar-refractivity contribution in [3.05, 3.63) is 35.7 Å². The van der Waals surface area contributed by atoms with Gasteiger partial charge in [0.15, 0.2) is 0 Å². The highest BCUT2D eigenvalue weighted by molar-refractivity contribution is 5.79. The van der Waals surface area contributed by atoms with Crippen molar-refractivity contribution in [3.8, 4) is 0 Å². The van der Waals surface area contributed by atoms with Crippen LogP contribution in [-0.2, 0) is 29.0 Å². The average molecular weight is 302 g/mol. The number of hydrogen-bond acceptors (Lipinski definition) is 5. The first-order chi connectivity index (χ1) is 10.8. The van der Waals surface area contributed by atoms with E-state index in [4.69, 9.17) is 9.26 Å². The molecule has 7 heteroatoms. The van der Waals surface area contributed by atoms with Gasteiger partial charge in [-0.05, 0) is 6.42 Å². The second kappa shape index (κ2) is 5.57. The SMILES string of the molecule is O=C([C@H]1CCOC1)N1CCc2onc(Cn3ccnc3)c2C1. The number of rotatable bonds is 3. The molecule has 1 fully saturated rings. The number of aromatic nitrogens is 3. The van der Waals surface area contributed by atoms with Crippen LogP contribution in [0.25, 0.3) is 0 Å². The molecule has 4 heterocycles. The Balaban J connectivity index is 1.52. The predicted octanol–water partition coefficient (Wildman–Crippen LogP) is 0.841. The Morgan fingerprint density at radius 2 is 2.41 bits per heavy atom. The molecule has 0 spiro atoms. The molecule has 2 aromatic heterocycles. The molecule has 0 N–H and O–H groups in total. The lowest BCUT2D eigenvalue weighted by Crippen LogP contribution is -2.40. The summed E-state index contributed by atoms with van der Waals surface area (Å²) in [7, 11) is 0. The van der Waals surface area contributed by atoms with Gasteiger partial charge in [-0.25, -0.2) is 4.98 Å². The summed E-state index contributed by atoms with van der Waals surface area (Å²) in [4.78, 5) is 18.5. The van der Waals surface area contributed by atoms with E-state index in [2.05, 4.69) is 10.1 Å². The first-order valence-electron chi connectivity index (χ1n) is 7.60. The Bertz CT molecular complexity index is 658. The molecule has 22 heavy (non-hydrogen) atoms. The van der Waals surface area contributed by atoms with E-state index in [9.17, 15) is 4.79 Å². The molecule has 0 radical (unpaired) electrons. The van der Waals surface area contributed by atoms with Gasteiger partial charge >= 0.3 is 0 Å². The van der Waals surface area contributed by atoms with Gasteiger partial charge in [0.1, 0.15) is 11.5 Å². The standard InChI is InChI=1S/C15H18N4O3/c20-15(11-2-6-21-9-11)19-4-1-14-12(7-19)13(17-22-14)8-18-5-3-16-10-18/h3,5,10-11H,1-2,4,6-9H2/t11-/m0/s1. The second-order valence-corrected chi connectivity index (χ2v) is 5.84. The maximum atomic E-state index is 12.5. The highest BCUT2D eigenvalue weighted by atomic mass is 16.5. The average Bonchev–Trinajstić information content (AvgIpc) is 3.29. The minimum atomic E-state index is 0.0125. The third-order valence-corrected chi connectivity index (χ3v) is 4.39. The monoisotopic (exact) mass is 302 g/mol. The Kier molecular flexibility index (Phi) is 3.42. The molecular formula is C15H18N4O3. The van der Waals surface area contributed by atoms with Gasteiger partial charge in [0.25, 0.3) is 0 Å². The van der Waals surface area contributed by atoms with Crippen LogP contribution in [0.2, 0.25) is 0 Å². The predicted molar refractivity (Wildman–Crippen MR) is 75.9 cm³/mol. The van der Waals surface area contributed by atoms with Crippen LogP contribution in [0.4, 0.5) is 0 Å². The molecule has 116 valence electrons. The van der Waals surface area contributed by atoms with Crippen LogP contribution in [0.15, 0.2) is 23.2 Å². The summed E-state index contributed by atoms with van der Waals surface area (Å²) >= 11 is 0. The molecule has 0 unspecified atom stereocenters. The molecule has 0 aromatic carbocycles. The fourth-order valence-corrected chi connectivity index (χ4v) is 3.12. The number of carbonyl (C=O) groups is 1. The molecular weight excluding hydrogens is 284 g/mol. The van der Waals surface area contributed by atoms with Crippen LogP contribution in [0.1, 0.15) is 23.4 Å². The summed E-state index contributed by atoms with van der Waals surface area (Å²) in [6.07, 6.45) is 6.94. The number of fused-ring (bicyclic) bond motifs is 1. The molecule has 0 aliphatic carbocycles. The van der Waals surface area contributed by atoms with Gasteiger partial charge in [-0.15, -0.1) is 0 Å². The summed E-state index contributed by atoms with van der Waals surface area (Å²) in [5.41, 5.74) is 1.93. The first kappa shape index (κ1) is 13.5. The van der Waals surface area contributed by atoms with Gasteiger partial charge in [0.05, 0.1) is 31.9 Å². The van der Waals surface area contributed by atoms with Gasteiger partial charge < -0.3 is 18.7 Å². The minimum Gasteiger partial charge on any atom is -0.381 e. The number of amides is 1. The summed E-state index contributed by atoms with van der Waals surface area (Å²) < 4.78 is 12.7. The second-order valence-electron chi connectivity index (χ2n) is 5.84. The highest BCUT2D eigenvalue weighted by Gasteiger charge is 2.32. The Morgan fingerprint density at radius 3 is 3.18 bits per heavy atom. The summed E-state index contributed by atoms with van der Waals surface area (Å²) in [6, 6.07) is 0. The van der Waals surface area contributed by atoms with Gasteiger partial charge in [-0.3, -0.25) is 4.79 Å². The molecule has 1 saturated heterocycles. The number of hydrogen-bond donors (Lipinski definition) is 0. The van der Waals surface area contributed by atoms with E-state index < -0.39 is 0 Å². The number of imidazole rings is 1. The first-order valence-corrected chi connectivity index (χ1v) is 7.60. The van der Waals surface area contributed by atoms with Gasteiger partial charge in [0, 0.05) is 37.5 Å². The molecule has 7 nitrogen and oxygen atoms in total. The molecule has 4 rings (SSSR count). The smallest absolute Gasteiger partial charge is 0.228 e. The maximum Gasteiger partial charge on any atom is 0.228 e. The lowest BCUT2D eigenvalue weighted by molar-refractivity contribution is -0.136. The van der Waals surface area contributed by atoms with Crippen LogP contribution in [-0.4, -0.2) is 45.3 Å². The Hall–Kier alpha value is -2.15. The van der Waals surface area contributed by atoms with Gasteiger partial charge in [0.2, 0.25) is 5.91 Å². The number of carbonyl (C=O) groups excluding carboxylic acids is 1. The number of nitrogens with zero attached hydrogens (tertiary/aromatic N) is 4. The van der Waals surface area contributed by atoms with Crippen LogP contribution < -0.4 is 0 Å². The topological polar surface area (TPSA) is 73.4 Å². The van der Waals surface area contributed by atoms with Crippen LogP contribution in [0, 0.1) is 5.92 Å². The number of ether oxygens (including phenoxy) is 1. The van der Waals surface area contributed by atoms with Crippen molar-refractivity contribution >= 4 is 5.91 Å². The highest BCUT2D eigenvalue weighted by Crippen LogP contribution is 2.25. The third-order valence-electron chi connectivity index (χ3n) is 4.39. The zero-order valence-electron chi connectivity index (χ0n) is 12.3. The van der Waals surface area contributed by atoms with Crippen LogP contribution in [0.5, 0.6) is 0 Å². The Labute approximate surface area is 127 Å². The van der Waals surface area contributed by atoms with Crippen molar-refractivity contribution in [2.45, 2.75) is 25.9 Å². The van der Waals surface area contributed by atoms with Crippen molar-refractivity contribution < 1.29 is 14.1 Å². The molecule has 1 atom stereocenters. The Morgan fingerprint density at radius 1 is 1.45 bits per heavy atom. The fraction of sp³-hybridized carbons (Fsp3) is 0.533. The molecule has 1 amide bonds. The van der Waals surface area contributed by atoms with Crippen molar-refractivity contribution in [3.63, 3.8) is 0 Å². The van der Waals surface area contributed by atoms with Crippen molar-refractivity contribution in [1.82, 2.24) is 19.6 Å². The lowest BCUT2D eigenvalue weighted by atomic mass is 10.0. The zero-order valence-corrected chi connectivity index (χ0v) is 12.3. The lowest BCUT2D eigenvalue weighted by Gasteiger charge is -2.28. The van der Waals surface area contributed by atoms with Crippen LogP contribution >= 0.6 is 0 Å².